The average molecular weight is 203 g/mol. The molecular formula is C8H10FNO2S. The summed E-state index contributed by atoms with van der Waals surface area (Å²) >= 11 is 1.19. The maximum atomic E-state index is 10.4. The molecule has 0 aromatic heterocycles. The summed E-state index contributed by atoms with van der Waals surface area (Å²) in [6, 6.07) is 9.37. The lowest BCUT2D eigenvalue weighted by Gasteiger charge is -2.10. The van der Waals surface area contributed by atoms with Crippen molar-refractivity contribution < 1.29 is 14.6 Å². The van der Waals surface area contributed by atoms with E-state index >= 15 is 0 Å². The number of hydrogen-bond donors (Lipinski definition) is 1. The van der Waals surface area contributed by atoms with E-state index in [9.17, 15) is 4.79 Å². The van der Waals surface area contributed by atoms with Crippen LogP contribution in [0.1, 0.15) is 0 Å². The van der Waals surface area contributed by atoms with Crippen molar-refractivity contribution >= 4 is 18.0 Å². The molecule has 0 fully saturated rings. The molecule has 72 valence electrons. The fourth-order valence-corrected chi connectivity index (χ4v) is 1.35. The minimum absolute atomic E-state index is 0. The zero-order valence-corrected chi connectivity index (χ0v) is 7.82. The van der Waals surface area contributed by atoms with Crippen molar-refractivity contribution in [1.82, 2.24) is 4.31 Å². The Kier molecular flexibility index (Phi) is 4.91. The number of carbonyl (C=O) groups is 1. The average Bonchev–Trinajstić information content (AvgIpc) is 2.06. The zero-order valence-electron chi connectivity index (χ0n) is 7.01. The Bertz CT molecular complexity index is 268. The Balaban J connectivity index is 0.00000144. The molecule has 0 spiro atoms. The van der Waals surface area contributed by atoms with Crippen molar-refractivity contribution in [2.45, 2.75) is 4.90 Å². The minimum Gasteiger partial charge on any atom is -0.464 e. The minimum atomic E-state index is -0.941. The van der Waals surface area contributed by atoms with Crippen LogP contribution in [0.25, 0.3) is 0 Å². The Labute approximate surface area is 79.9 Å². The van der Waals surface area contributed by atoms with Crippen molar-refractivity contribution in [1.29, 1.82) is 0 Å². The Morgan fingerprint density at radius 1 is 1.38 bits per heavy atom. The zero-order chi connectivity index (χ0) is 8.97. The van der Waals surface area contributed by atoms with E-state index in [-0.39, 0.29) is 4.70 Å². The molecule has 1 aromatic carbocycles. The third-order valence-corrected chi connectivity index (χ3v) is 2.17. The summed E-state index contributed by atoms with van der Waals surface area (Å²) in [5, 5.41) is 8.55. The largest absolute Gasteiger partial charge is 0.464 e. The lowest BCUT2D eigenvalue weighted by molar-refractivity contribution is 0.181. The van der Waals surface area contributed by atoms with E-state index in [1.54, 1.807) is 0 Å². The van der Waals surface area contributed by atoms with Gasteiger partial charge in [-0.3, -0.25) is 9.01 Å². The van der Waals surface area contributed by atoms with Gasteiger partial charge in [-0.2, -0.15) is 0 Å². The normalized spacial score (nSPS) is 8.69. The third-order valence-electron chi connectivity index (χ3n) is 1.25. The number of hydrogen-bond acceptors (Lipinski definition) is 2. The second-order valence-corrected chi connectivity index (χ2v) is 3.39. The maximum Gasteiger partial charge on any atom is 0.417 e. The van der Waals surface area contributed by atoms with Crippen LogP contribution < -0.4 is 0 Å². The second kappa shape index (κ2) is 5.42. The van der Waals surface area contributed by atoms with E-state index in [2.05, 4.69) is 0 Å². The topological polar surface area (TPSA) is 40.5 Å². The van der Waals surface area contributed by atoms with Crippen LogP contribution in [0.15, 0.2) is 35.2 Å². The van der Waals surface area contributed by atoms with E-state index in [1.807, 2.05) is 30.3 Å². The number of nitrogens with zero attached hydrogens (tertiary/aromatic N) is 1. The van der Waals surface area contributed by atoms with Gasteiger partial charge in [0.25, 0.3) is 0 Å². The second-order valence-electron chi connectivity index (χ2n) is 2.18. The van der Waals surface area contributed by atoms with Gasteiger partial charge in [-0.25, -0.2) is 4.79 Å². The van der Waals surface area contributed by atoms with Gasteiger partial charge < -0.3 is 5.11 Å². The van der Waals surface area contributed by atoms with Crippen molar-refractivity contribution in [3.05, 3.63) is 30.3 Å². The van der Waals surface area contributed by atoms with Crippen LogP contribution >= 0.6 is 11.9 Å². The summed E-state index contributed by atoms with van der Waals surface area (Å²) in [4.78, 5) is 11.3. The molecule has 3 nitrogen and oxygen atoms in total. The SMILES string of the molecule is CN(Sc1ccccc1)C(=O)O.F. The van der Waals surface area contributed by atoms with Crippen molar-refractivity contribution in [3.8, 4) is 0 Å². The highest BCUT2D eigenvalue weighted by atomic mass is 32.2. The van der Waals surface area contributed by atoms with Crippen LogP contribution in [-0.2, 0) is 0 Å². The highest BCUT2D eigenvalue weighted by Gasteiger charge is 2.05. The fourth-order valence-electron chi connectivity index (χ4n) is 0.679. The Hall–Kier alpha value is -1.23. The molecular weight excluding hydrogens is 193 g/mol. The predicted octanol–water partition coefficient (Wildman–Crippen LogP) is 2.46. The number of amides is 1. The van der Waals surface area contributed by atoms with Crippen LogP contribution in [0.5, 0.6) is 0 Å². The third kappa shape index (κ3) is 3.80. The maximum absolute atomic E-state index is 10.4. The summed E-state index contributed by atoms with van der Waals surface area (Å²) in [6.45, 7) is 0. The molecule has 0 bridgehead atoms. The highest BCUT2D eigenvalue weighted by molar-refractivity contribution is 7.97. The highest BCUT2D eigenvalue weighted by Crippen LogP contribution is 2.19. The Morgan fingerprint density at radius 2 is 1.92 bits per heavy atom. The van der Waals surface area contributed by atoms with E-state index < -0.39 is 6.09 Å². The summed E-state index contributed by atoms with van der Waals surface area (Å²) in [6.07, 6.45) is -0.941. The molecule has 0 aliphatic carbocycles. The van der Waals surface area contributed by atoms with Crippen molar-refractivity contribution in [2.24, 2.45) is 0 Å². The molecule has 0 aliphatic heterocycles. The van der Waals surface area contributed by atoms with Gasteiger partial charge in [0.1, 0.15) is 0 Å². The van der Waals surface area contributed by atoms with Gasteiger partial charge in [0, 0.05) is 11.9 Å². The number of carboxylic acid groups (broad SMARTS) is 1. The standard InChI is InChI=1S/C8H9NO2S.FH/c1-9(8(10)11)12-7-5-3-2-4-6-7;/h2-6H,1H3,(H,10,11);1H. The van der Waals surface area contributed by atoms with Gasteiger partial charge in [0.05, 0.1) is 0 Å². The summed E-state index contributed by atoms with van der Waals surface area (Å²) < 4.78 is 1.16. The lowest BCUT2D eigenvalue weighted by atomic mass is 10.4. The van der Waals surface area contributed by atoms with E-state index in [0.29, 0.717) is 0 Å². The summed E-state index contributed by atoms with van der Waals surface area (Å²) in [5.74, 6) is 0. The van der Waals surface area contributed by atoms with Crippen LogP contribution in [0, 0.1) is 0 Å². The lowest BCUT2D eigenvalue weighted by Crippen LogP contribution is -2.15. The molecule has 0 saturated carbocycles. The van der Waals surface area contributed by atoms with E-state index in [1.165, 1.54) is 19.0 Å². The quantitative estimate of drug-likeness (QED) is 0.750. The molecule has 0 unspecified atom stereocenters. The van der Waals surface area contributed by atoms with Gasteiger partial charge in [-0.05, 0) is 24.1 Å². The molecule has 1 aromatic rings. The first-order chi connectivity index (χ1) is 5.70. The first-order valence-electron chi connectivity index (χ1n) is 3.40. The van der Waals surface area contributed by atoms with Crippen molar-refractivity contribution in [2.75, 3.05) is 7.05 Å². The first kappa shape index (κ1) is 11.8. The smallest absolute Gasteiger partial charge is 0.417 e. The van der Waals surface area contributed by atoms with Crippen LogP contribution in [0.4, 0.5) is 9.50 Å². The van der Waals surface area contributed by atoms with Gasteiger partial charge in [-0.15, -0.1) is 0 Å². The van der Waals surface area contributed by atoms with Gasteiger partial charge in [0.2, 0.25) is 0 Å². The molecule has 0 atom stereocenters. The van der Waals surface area contributed by atoms with E-state index in [0.717, 1.165) is 9.20 Å². The Morgan fingerprint density at radius 3 is 2.38 bits per heavy atom. The number of benzene rings is 1. The molecule has 0 heterocycles. The monoisotopic (exact) mass is 203 g/mol. The molecule has 1 amide bonds. The van der Waals surface area contributed by atoms with Gasteiger partial charge in [0.15, 0.2) is 0 Å². The molecule has 0 aliphatic rings. The first-order valence-corrected chi connectivity index (χ1v) is 4.17. The number of rotatable bonds is 2. The predicted molar refractivity (Wildman–Crippen MR) is 50.6 cm³/mol. The van der Waals surface area contributed by atoms with Gasteiger partial charge >= 0.3 is 6.09 Å². The fraction of sp³-hybridized carbons (Fsp3) is 0.125. The molecule has 1 rings (SSSR count). The molecule has 0 saturated heterocycles. The van der Waals surface area contributed by atoms with Crippen LogP contribution in [0.3, 0.4) is 0 Å². The summed E-state index contributed by atoms with van der Waals surface area (Å²) in [7, 11) is 1.51. The van der Waals surface area contributed by atoms with Crippen LogP contribution in [0.2, 0.25) is 0 Å². The number of halogens is 1. The molecule has 0 radical (unpaired) electrons. The summed E-state index contributed by atoms with van der Waals surface area (Å²) in [5.41, 5.74) is 0. The molecule has 5 heteroatoms. The van der Waals surface area contributed by atoms with E-state index in [4.69, 9.17) is 5.11 Å². The molecule has 1 N–H and O–H groups in total. The molecule has 13 heavy (non-hydrogen) atoms. The van der Waals surface area contributed by atoms with Crippen LogP contribution in [-0.4, -0.2) is 22.6 Å². The van der Waals surface area contributed by atoms with Crippen molar-refractivity contribution in [3.63, 3.8) is 0 Å². The van der Waals surface area contributed by atoms with Gasteiger partial charge in [-0.1, -0.05) is 18.2 Å².